The van der Waals surface area contributed by atoms with Gasteiger partial charge in [-0.25, -0.2) is 4.68 Å². The van der Waals surface area contributed by atoms with Crippen molar-refractivity contribution in [2.45, 2.75) is 13.8 Å². The van der Waals surface area contributed by atoms with E-state index in [2.05, 4.69) is 26.3 Å². The summed E-state index contributed by atoms with van der Waals surface area (Å²) in [5.41, 5.74) is 3.51. The molecule has 0 spiro atoms. The Balaban J connectivity index is 1.93. The van der Waals surface area contributed by atoms with Crippen LogP contribution in [0.4, 0.5) is 5.69 Å². The topological polar surface area (TPSA) is 46.9 Å². The summed E-state index contributed by atoms with van der Waals surface area (Å²) < 4.78 is 2.56. The van der Waals surface area contributed by atoms with Crippen molar-refractivity contribution in [1.82, 2.24) is 9.78 Å². The van der Waals surface area contributed by atoms with E-state index in [1.54, 1.807) is 11.6 Å². The van der Waals surface area contributed by atoms with Gasteiger partial charge in [-0.05, 0) is 49.7 Å². The minimum absolute atomic E-state index is 0.276. The molecule has 1 N–H and O–H groups in total. The molecule has 0 saturated heterocycles. The van der Waals surface area contributed by atoms with Crippen molar-refractivity contribution < 1.29 is 4.79 Å². The summed E-state index contributed by atoms with van der Waals surface area (Å²) in [7, 11) is 0. The molecule has 0 unspecified atom stereocenters. The van der Waals surface area contributed by atoms with Crippen LogP contribution in [0.1, 0.15) is 21.6 Å². The Hall–Kier alpha value is -2.11. The fourth-order valence-electron chi connectivity index (χ4n) is 2.41. The summed E-state index contributed by atoms with van der Waals surface area (Å²) in [4.78, 5) is 12.6. The van der Waals surface area contributed by atoms with Crippen molar-refractivity contribution in [2.24, 2.45) is 0 Å². The van der Waals surface area contributed by atoms with E-state index in [0.29, 0.717) is 22.1 Å². The molecule has 1 amide bonds. The lowest BCUT2D eigenvalue weighted by atomic mass is 10.2. The van der Waals surface area contributed by atoms with Crippen molar-refractivity contribution in [3.8, 4) is 5.69 Å². The van der Waals surface area contributed by atoms with Crippen molar-refractivity contribution in [3.05, 3.63) is 75.0 Å². The zero-order valence-electron chi connectivity index (χ0n) is 13.2. The SMILES string of the molecule is Cc1cc(NC(=O)c2c(C)nn(-c3ccccc3)c2Cl)ccc1Br. The lowest BCUT2D eigenvalue weighted by Crippen LogP contribution is -2.13. The van der Waals surface area contributed by atoms with Crippen LogP contribution >= 0.6 is 27.5 Å². The number of aryl methyl sites for hydroxylation is 2. The average Bonchev–Trinajstić information content (AvgIpc) is 2.86. The summed E-state index contributed by atoms with van der Waals surface area (Å²) in [5.74, 6) is -0.276. The van der Waals surface area contributed by atoms with E-state index in [1.165, 1.54) is 0 Å². The van der Waals surface area contributed by atoms with Gasteiger partial charge in [0.1, 0.15) is 10.7 Å². The third kappa shape index (κ3) is 3.23. The van der Waals surface area contributed by atoms with Crippen molar-refractivity contribution in [3.63, 3.8) is 0 Å². The van der Waals surface area contributed by atoms with Gasteiger partial charge in [0.05, 0.1) is 11.4 Å². The number of halogens is 2. The largest absolute Gasteiger partial charge is 0.322 e. The zero-order chi connectivity index (χ0) is 17.3. The smallest absolute Gasteiger partial charge is 0.260 e. The maximum absolute atomic E-state index is 12.6. The van der Waals surface area contributed by atoms with Gasteiger partial charge in [-0.1, -0.05) is 45.7 Å². The van der Waals surface area contributed by atoms with Crippen LogP contribution < -0.4 is 5.32 Å². The predicted molar refractivity (Wildman–Crippen MR) is 100 cm³/mol. The molecule has 3 aromatic rings. The highest BCUT2D eigenvalue weighted by molar-refractivity contribution is 9.10. The second-order valence-corrected chi connectivity index (χ2v) is 6.63. The molecule has 2 aromatic carbocycles. The van der Waals surface area contributed by atoms with Crippen LogP contribution in [0, 0.1) is 13.8 Å². The Morgan fingerprint density at radius 1 is 1.17 bits per heavy atom. The molecule has 24 heavy (non-hydrogen) atoms. The molecule has 0 saturated carbocycles. The molecule has 1 heterocycles. The third-order valence-corrected chi connectivity index (χ3v) is 4.89. The number of para-hydroxylation sites is 1. The monoisotopic (exact) mass is 403 g/mol. The van der Waals surface area contributed by atoms with Gasteiger partial charge in [0.25, 0.3) is 5.91 Å². The average molecular weight is 405 g/mol. The number of hydrogen-bond acceptors (Lipinski definition) is 2. The number of carbonyl (C=O) groups excluding carboxylic acids is 1. The first-order valence-corrected chi connectivity index (χ1v) is 8.52. The molecular weight excluding hydrogens is 390 g/mol. The molecule has 0 aliphatic rings. The first kappa shape index (κ1) is 16.7. The second-order valence-electron chi connectivity index (χ2n) is 5.42. The molecule has 4 nitrogen and oxygen atoms in total. The lowest BCUT2D eigenvalue weighted by molar-refractivity contribution is 0.102. The third-order valence-electron chi connectivity index (χ3n) is 3.65. The van der Waals surface area contributed by atoms with Gasteiger partial charge in [-0.3, -0.25) is 4.79 Å². The molecule has 122 valence electrons. The fraction of sp³-hybridized carbons (Fsp3) is 0.111. The number of nitrogens with one attached hydrogen (secondary N) is 1. The molecule has 1 aromatic heterocycles. The number of benzene rings is 2. The highest BCUT2D eigenvalue weighted by Crippen LogP contribution is 2.25. The van der Waals surface area contributed by atoms with Gasteiger partial charge in [0.15, 0.2) is 0 Å². The minimum atomic E-state index is -0.276. The number of rotatable bonds is 3. The maximum atomic E-state index is 12.6. The highest BCUT2D eigenvalue weighted by Gasteiger charge is 2.21. The summed E-state index contributed by atoms with van der Waals surface area (Å²) in [6.45, 7) is 3.73. The molecule has 3 rings (SSSR count). The van der Waals surface area contributed by atoms with Crippen LogP contribution in [0.5, 0.6) is 0 Å². The Morgan fingerprint density at radius 3 is 2.54 bits per heavy atom. The lowest BCUT2D eigenvalue weighted by Gasteiger charge is -2.07. The van der Waals surface area contributed by atoms with E-state index in [9.17, 15) is 4.79 Å². The molecule has 0 fully saturated rings. The van der Waals surface area contributed by atoms with Gasteiger partial charge >= 0.3 is 0 Å². The predicted octanol–water partition coefficient (Wildman–Crippen LogP) is 5.16. The fourth-order valence-corrected chi connectivity index (χ4v) is 3.02. The highest BCUT2D eigenvalue weighted by atomic mass is 79.9. The van der Waals surface area contributed by atoms with Crippen LogP contribution in [0.3, 0.4) is 0 Å². The first-order valence-electron chi connectivity index (χ1n) is 7.35. The number of carbonyl (C=O) groups is 1. The summed E-state index contributed by atoms with van der Waals surface area (Å²) >= 11 is 9.86. The van der Waals surface area contributed by atoms with Crippen LogP contribution in [0.15, 0.2) is 53.0 Å². The summed E-state index contributed by atoms with van der Waals surface area (Å²) in [5, 5.41) is 7.56. The van der Waals surface area contributed by atoms with Crippen LogP contribution in [-0.2, 0) is 0 Å². The van der Waals surface area contributed by atoms with Crippen molar-refractivity contribution in [2.75, 3.05) is 5.32 Å². The number of nitrogens with zero attached hydrogens (tertiary/aromatic N) is 2. The van der Waals surface area contributed by atoms with E-state index in [4.69, 9.17) is 11.6 Å². The quantitative estimate of drug-likeness (QED) is 0.655. The van der Waals surface area contributed by atoms with Crippen molar-refractivity contribution in [1.29, 1.82) is 0 Å². The van der Waals surface area contributed by atoms with E-state index < -0.39 is 0 Å². The Labute approximate surface area is 153 Å². The van der Waals surface area contributed by atoms with E-state index >= 15 is 0 Å². The molecule has 0 atom stereocenters. The van der Waals surface area contributed by atoms with E-state index in [-0.39, 0.29) is 5.91 Å². The molecule has 0 radical (unpaired) electrons. The summed E-state index contributed by atoms with van der Waals surface area (Å²) in [6, 6.07) is 15.1. The Bertz CT molecular complexity index is 906. The van der Waals surface area contributed by atoms with E-state index in [1.807, 2.05) is 55.5 Å². The number of anilines is 1. The molecule has 6 heteroatoms. The number of amides is 1. The standard InChI is InChI=1S/C18H15BrClN3O/c1-11-10-13(8-9-15(11)19)21-18(24)16-12(2)22-23(17(16)20)14-6-4-3-5-7-14/h3-10H,1-2H3,(H,21,24). The van der Waals surface area contributed by atoms with Crippen LogP contribution in [0.25, 0.3) is 5.69 Å². The second kappa shape index (κ2) is 6.79. The van der Waals surface area contributed by atoms with Gasteiger partial charge in [0.2, 0.25) is 0 Å². The van der Waals surface area contributed by atoms with Crippen LogP contribution in [-0.4, -0.2) is 15.7 Å². The van der Waals surface area contributed by atoms with Gasteiger partial charge in [0, 0.05) is 10.2 Å². The van der Waals surface area contributed by atoms with Gasteiger partial charge < -0.3 is 5.32 Å². The molecule has 0 aliphatic heterocycles. The first-order chi connectivity index (χ1) is 11.5. The van der Waals surface area contributed by atoms with Gasteiger partial charge in [-0.15, -0.1) is 0 Å². The van der Waals surface area contributed by atoms with Crippen LogP contribution in [0.2, 0.25) is 5.15 Å². The maximum Gasteiger partial charge on any atom is 0.260 e. The molecule has 0 bridgehead atoms. The number of hydrogen-bond donors (Lipinski definition) is 1. The summed E-state index contributed by atoms with van der Waals surface area (Å²) in [6.07, 6.45) is 0. The Kier molecular flexibility index (Phi) is 4.73. The molecule has 0 aliphatic carbocycles. The van der Waals surface area contributed by atoms with Crippen molar-refractivity contribution >= 4 is 39.1 Å². The van der Waals surface area contributed by atoms with E-state index in [0.717, 1.165) is 15.7 Å². The zero-order valence-corrected chi connectivity index (χ0v) is 15.5. The minimum Gasteiger partial charge on any atom is -0.322 e. The number of aromatic nitrogens is 2. The normalized spacial score (nSPS) is 10.7. The Morgan fingerprint density at radius 2 is 1.88 bits per heavy atom. The molecular formula is C18H15BrClN3O. The van der Waals surface area contributed by atoms with Gasteiger partial charge in [-0.2, -0.15) is 5.10 Å².